The van der Waals surface area contributed by atoms with Crippen molar-refractivity contribution < 1.29 is 0 Å². The van der Waals surface area contributed by atoms with Gasteiger partial charge in [0.25, 0.3) is 0 Å². The van der Waals surface area contributed by atoms with E-state index in [1.807, 2.05) is 36.7 Å². The zero-order chi connectivity index (χ0) is 13.2. The van der Waals surface area contributed by atoms with Crippen molar-refractivity contribution in [2.75, 3.05) is 0 Å². The van der Waals surface area contributed by atoms with Crippen molar-refractivity contribution in [3.63, 3.8) is 0 Å². The van der Waals surface area contributed by atoms with Crippen LogP contribution >= 0.6 is 22.9 Å². The van der Waals surface area contributed by atoms with Crippen molar-refractivity contribution >= 4 is 33.8 Å². The summed E-state index contributed by atoms with van der Waals surface area (Å²) < 4.78 is 0. The van der Waals surface area contributed by atoms with Gasteiger partial charge in [-0.3, -0.25) is 0 Å². The molecule has 0 saturated carbocycles. The Morgan fingerprint density at radius 2 is 2.16 bits per heavy atom. The molecule has 1 aromatic carbocycles. The molecule has 0 aliphatic heterocycles. The van der Waals surface area contributed by atoms with Crippen LogP contribution in [0.25, 0.3) is 10.9 Å². The van der Waals surface area contributed by atoms with E-state index >= 15 is 0 Å². The quantitative estimate of drug-likeness (QED) is 0.766. The number of fused-ring (bicyclic) bond motifs is 1. The third-order valence-corrected chi connectivity index (χ3v) is 4.51. The highest BCUT2D eigenvalue weighted by Gasteiger charge is 2.08. The van der Waals surface area contributed by atoms with Crippen molar-refractivity contribution in [1.82, 2.24) is 15.3 Å². The Kier molecular flexibility index (Phi) is 3.55. The van der Waals surface area contributed by atoms with E-state index in [0.717, 1.165) is 40.4 Å². The molecule has 0 aliphatic carbocycles. The van der Waals surface area contributed by atoms with Crippen molar-refractivity contribution in [3.05, 3.63) is 51.1 Å². The largest absolute Gasteiger partial charge is 0.356 e. The molecular weight excluding hydrogens is 278 g/mol. The highest BCUT2D eigenvalue weighted by atomic mass is 35.5. The van der Waals surface area contributed by atoms with Gasteiger partial charge in [0.15, 0.2) is 0 Å². The molecule has 0 radical (unpaired) electrons. The van der Waals surface area contributed by atoms with Crippen LogP contribution in [0.1, 0.15) is 16.3 Å². The molecule has 19 heavy (non-hydrogen) atoms. The fraction of sp³-hybridized carbons (Fsp3) is 0.214. The van der Waals surface area contributed by atoms with Gasteiger partial charge in [-0.15, -0.1) is 11.3 Å². The molecule has 2 N–H and O–H groups in total. The smallest absolute Gasteiger partial charge is 0.0798 e. The highest BCUT2D eigenvalue weighted by Crippen LogP contribution is 2.27. The maximum atomic E-state index is 6.37. The molecule has 0 aliphatic rings. The highest BCUT2D eigenvalue weighted by molar-refractivity contribution is 7.09. The number of aromatic amines is 1. The third-order valence-electron chi connectivity index (χ3n) is 3.15. The number of benzene rings is 1. The maximum absolute atomic E-state index is 6.37. The van der Waals surface area contributed by atoms with Crippen LogP contribution in [0.2, 0.25) is 5.02 Å². The molecular formula is C14H14ClN3S. The molecule has 0 spiro atoms. The standard InChI is InChI=1S/C14H14ClN3S/c1-9-13(19-8-17-9)7-16-6-12-14(15)10-4-2-3-5-11(10)18-12/h2-5,8,16,18H,6-7H2,1H3. The summed E-state index contributed by atoms with van der Waals surface area (Å²) in [7, 11) is 0. The molecule has 2 heterocycles. The number of thiazole rings is 1. The monoisotopic (exact) mass is 291 g/mol. The SMILES string of the molecule is Cc1ncsc1CNCc1[nH]c2ccccc2c1Cl. The summed E-state index contributed by atoms with van der Waals surface area (Å²) in [6.07, 6.45) is 0. The number of hydrogen-bond donors (Lipinski definition) is 2. The molecule has 3 aromatic rings. The van der Waals surface area contributed by atoms with E-state index in [0.29, 0.717) is 0 Å². The van der Waals surface area contributed by atoms with Crippen molar-refractivity contribution in [2.24, 2.45) is 0 Å². The number of para-hydroxylation sites is 1. The summed E-state index contributed by atoms with van der Waals surface area (Å²) in [6.45, 7) is 3.58. The first-order valence-corrected chi connectivity index (χ1v) is 7.36. The molecule has 0 saturated heterocycles. The zero-order valence-electron chi connectivity index (χ0n) is 10.5. The van der Waals surface area contributed by atoms with Crippen LogP contribution in [0.4, 0.5) is 0 Å². The molecule has 0 amide bonds. The maximum Gasteiger partial charge on any atom is 0.0798 e. The Morgan fingerprint density at radius 1 is 1.32 bits per heavy atom. The van der Waals surface area contributed by atoms with E-state index in [2.05, 4.69) is 15.3 Å². The van der Waals surface area contributed by atoms with Crippen LogP contribution in [-0.2, 0) is 13.1 Å². The second-order valence-corrected chi connectivity index (χ2v) is 5.74. The Hall–Kier alpha value is -1.36. The minimum absolute atomic E-state index is 0.727. The van der Waals surface area contributed by atoms with Crippen LogP contribution in [0.15, 0.2) is 29.8 Å². The van der Waals surface area contributed by atoms with Gasteiger partial charge in [0.05, 0.1) is 16.2 Å². The minimum atomic E-state index is 0.727. The fourth-order valence-corrected chi connectivity index (χ4v) is 3.11. The Bertz CT molecular complexity index is 702. The average Bonchev–Trinajstić information content (AvgIpc) is 2.96. The zero-order valence-corrected chi connectivity index (χ0v) is 12.1. The number of halogens is 1. The van der Waals surface area contributed by atoms with Gasteiger partial charge < -0.3 is 10.3 Å². The summed E-state index contributed by atoms with van der Waals surface area (Å²) in [5.41, 5.74) is 5.09. The van der Waals surface area contributed by atoms with Crippen LogP contribution in [0, 0.1) is 6.92 Å². The average molecular weight is 292 g/mol. The van der Waals surface area contributed by atoms with Gasteiger partial charge in [-0.05, 0) is 13.0 Å². The van der Waals surface area contributed by atoms with E-state index in [-0.39, 0.29) is 0 Å². The van der Waals surface area contributed by atoms with Gasteiger partial charge in [-0.25, -0.2) is 4.98 Å². The summed E-state index contributed by atoms with van der Waals surface area (Å²) in [4.78, 5) is 8.86. The third kappa shape index (κ3) is 2.52. The molecule has 0 fully saturated rings. The Balaban J connectivity index is 1.72. The van der Waals surface area contributed by atoms with Crippen molar-refractivity contribution in [1.29, 1.82) is 0 Å². The molecule has 5 heteroatoms. The number of hydrogen-bond acceptors (Lipinski definition) is 3. The predicted molar refractivity (Wildman–Crippen MR) is 80.7 cm³/mol. The molecule has 3 nitrogen and oxygen atoms in total. The van der Waals surface area contributed by atoms with E-state index in [9.17, 15) is 0 Å². The van der Waals surface area contributed by atoms with Gasteiger partial charge in [0.2, 0.25) is 0 Å². The molecule has 2 aromatic heterocycles. The molecule has 98 valence electrons. The molecule has 3 rings (SSSR count). The lowest BCUT2D eigenvalue weighted by Gasteiger charge is -2.02. The second kappa shape index (κ2) is 5.33. The number of aryl methyl sites for hydroxylation is 1. The number of aromatic nitrogens is 2. The van der Waals surface area contributed by atoms with Crippen LogP contribution in [0.3, 0.4) is 0 Å². The van der Waals surface area contributed by atoms with E-state index < -0.39 is 0 Å². The molecule has 0 unspecified atom stereocenters. The van der Waals surface area contributed by atoms with Crippen LogP contribution < -0.4 is 5.32 Å². The van der Waals surface area contributed by atoms with Crippen LogP contribution in [0.5, 0.6) is 0 Å². The number of H-pyrrole nitrogens is 1. The fourth-order valence-electron chi connectivity index (χ4n) is 2.08. The first-order valence-electron chi connectivity index (χ1n) is 6.10. The molecule has 0 atom stereocenters. The lowest BCUT2D eigenvalue weighted by atomic mass is 10.2. The van der Waals surface area contributed by atoms with E-state index in [1.165, 1.54) is 4.88 Å². The van der Waals surface area contributed by atoms with Gasteiger partial charge in [-0.1, -0.05) is 29.8 Å². The number of rotatable bonds is 4. The lowest BCUT2D eigenvalue weighted by Crippen LogP contribution is -2.13. The summed E-state index contributed by atoms with van der Waals surface area (Å²) in [6, 6.07) is 8.08. The summed E-state index contributed by atoms with van der Waals surface area (Å²) in [5.74, 6) is 0. The lowest BCUT2D eigenvalue weighted by molar-refractivity contribution is 0.687. The summed E-state index contributed by atoms with van der Waals surface area (Å²) >= 11 is 8.05. The minimum Gasteiger partial charge on any atom is -0.356 e. The van der Waals surface area contributed by atoms with Gasteiger partial charge >= 0.3 is 0 Å². The van der Waals surface area contributed by atoms with E-state index in [4.69, 9.17) is 11.6 Å². The topological polar surface area (TPSA) is 40.7 Å². The first kappa shape index (κ1) is 12.7. The second-order valence-electron chi connectivity index (χ2n) is 4.43. The Labute approximate surface area is 120 Å². The number of nitrogens with one attached hydrogen (secondary N) is 2. The first-order chi connectivity index (χ1) is 9.25. The van der Waals surface area contributed by atoms with Gasteiger partial charge in [0.1, 0.15) is 0 Å². The predicted octanol–water partition coefficient (Wildman–Crippen LogP) is 3.88. The Morgan fingerprint density at radius 3 is 2.89 bits per heavy atom. The van der Waals surface area contributed by atoms with E-state index in [1.54, 1.807) is 11.3 Å². The van der Waals surface area contributed by atoms with Crippen molar-refractivity contribution in [2.45, 2.75) is 20.0 Å². The van der Waals surface area contributed by atoms with Gasteiger partial charge in [0, 0.05) is 34.6 Å². The summed E-state index contributed by atoms with van der Waals surface area (Å²) in [5, 5.41) is 5.29. The number of nitrogens with zero attached hydrogens (tertiary/aromatic N) is 1. The van der Waals surface area contributed by atoms with Crippen LogP contribution in [-0.4, -0.2) is 9.97 Å². The molecule has 0 bridgehead atoms. The van der Waals surface area contributed by atoms with Crippen molar-refractivity contribution in [3.8, 4) is 0 Å². The normalized spacial score (nSPS) is 11.3. The van der Waals surface area contributed by atoms with Gasteiger partial charge in [-0.2, -0.15) is 0 Å².